The molecule has 32 heavy (non-hydrogen) atoms. The molecule has 0 aliphatic heterocycles. The minimum absolute atomic E-state index is 0.280. The van der Waals surface area contributed by atoms with Crippen molar-refractivity contribution in [2.45, 2.75) is 0 Å². The molecule has 4 rings (SSSR count). The van der Waals surface area contributed by atoms with Crippen LogP contribution in [0.4, 0.5) is 11.4 Å². The first-order chi connectivity index (χ1) is 15.4. The van der Waals surface area contributed by atoms with Gasteiger partial charge in [-0.15, -0.1) is 0 Å². The van der Waals surface area contributed by atoms with Gasteiger partial charge in [0.2, 0.25) is 5.91 Å². The fourth-order valence-electron chi connectivity index (χ4n) is 3.18. The van der Waals surface area contributed by atoms with Crippen molar-refractivity contribution in [1.82, 2.24) is 9.55 Å². The topological polar surface area (TPSA) is 93.2 Å². The number of carbonyl (C=O) groups excluding carboxylic acids is 2. The van der Waals surface area contributed by atoms with E-state index in [9.17, 15) is 9.59 Å². The van der Waals surface area contributed by atoms with E-state index in [0.717, 1.165) is 22.3 Å². The minimum atomic E-state index is -0.582. The lowest BCUT2D eigenvalue weighted by Gasteiger charge is -2.11. The molecule has 7 heteroatoms. The molecule has 0 fully saturated rings. The van der Waals surface area contributed by atoms with Gasteiger partial charge in [0.15, 0.2) is 0 Å². The first-order valence-electron chi connectivity index (χ1n) is 9.88. The van der Waals surface area contributed by atoms with Crippen LogP contribution >= 0.6 is 0 Å². The Bertz CT molecular complexity index is 1390. The number of hydrogen-bond acceptors (Lipinski definition) is 4. The Morgan fingerprint density at radius 1 is 1.00 bits per heavy atom. The average Bonchev–Trinajstić information content (AvgIpc) is 3.20. The van der Waals surface area contributed by atoms with Gasteiger partial charge in [0.25, 0.3) is 5.91 Å². The summed E-state index contributed by atoms with van der Waals surface area (Å²) in [7, 11) is 3.97. The van der Waals surface area contributed by atoms with Crippen LogP contribution < -0.4 is 16.0 Å². The highest BCUT2D eigenvalue weighted by molar-refractivity contribution is 6.06. The summed E-state index contributed by atoms with van der Waals surface area (Å²) in [6, 6.07) is 22.6. The van der Waals surface area contributed by atoms with Crippen molar-refractivity contribution >= 4 is 34.2 Å². The van der Waals surface area contributed by atoms with E-state index >= 15 is 0 Å². The van der Waals surface area contributed by atoms with E-state index in [4.69, 9.17) is 5.73 Å². The van der Waals surface area contributed by atoms with Crippen LogP contribution in [-0.2, 0) is 0 Å². The third-order valence-electron chi connectivity index (χ3n) is 4.90. The second-order valence-corrected chi connectivity index (χ2v) is 7.40. The maximum atomic E-state index is 12.6. The zero-order chi connectivity index (χ0) is 22.7. The summed E-state index contributed by atoms with van der Waals surface area (Å²) in [5, 5.41) is 2.82. The number of rotatable bonds is 4. The number of primary amides is 1. The predicted molar refractivity (Wildman–Crippen MR) is 126 cm³/mol. The number of aromatic nitrogens is 2. The number of carbonyl (C=O) groups is 2. The lowest BCUT2D eigenvalue weighted by molar-refractivity contribution is 0.1000. The van der Waals surface area contributed by atoms with Gasteiger partial charge in [-0.2, -0.15) is 0 Å². The van der Waals surface area contributed by atoms with E-state index in [1.165, 1.54) is 6.07 Å². The Labute approximate surface area is 185 Å². The van der Waals surface area contributed by atoms with Crippen molar-refractivity contribution < 1.29 is 9.59 Å². The molecule has 0 aliphatic carbocycles. The number of anilines is 2. The molecule has 7 nitrogen and oxygen atoms in total. The lowest BCUT2D eigenvalue weighted by Crippen LogP contribution is -2.15. The number of benzene rings is 3. The van der Waals surface area contributed by atoms with Gasteiger partial charge in [0.1, 0.15) is 6.33 Å². The van der Waals surface area contributed by atoms with Crippen LogP contribution in [0.1, 0.15) is 26.3 Å². The number of nitrogens with one attached hydrogen (secondary N) is 1. The SMILES string of the molecule is CN(C)c1ccc2c(c1)ncn2C#Cc1cccc(NC(=O)c2cccc(C(N)=O)c2)c1. The number of imidazole rings is 1. The van der Waals surface area contributed by atoms with Crippen LogP contribution in [0, 0.1) is 12.0 Å². The summed E-state index contributed by atoms with van der Waals surface area (Å²) >= 11 is 0. The largest absolute Gasteiger partial charge is 0.378 e. The number of nitrogens with two attached hydrogens (primary N) is 1. The molecule has 0 spiro atoms. The van der Waals surface area contributed by atoms with Crippen molar-refractivity contribution in [3.8, 4) is 12.0 Å². The highest BCUT2D eigenvalue weighted by Crippen LogP contribution is 2.19. The Morgan fingerprint density at radius 2 is 1.78 bits per heavy atom. The molecule has 4 aromatic rings. The van der Waals surface area contributed by atoms with E-state index in [0.29, 0.717) is 11.3 Å². The molecule has 0 saturated heterocycles. The Kier molecular flexibility index (Phi) is 5.60. The molecule has 3 N–H and O–H groups in total. The van der Waals surface area contributed by atoms with E-state index in [1.54, 1.807) is 41.2 Å². The van der Waals surface area contributed by atoms with Crippen LogP contribution in [-0.4, -0.2) is 35.5 Å². The summed E-state index contributed by atoms with van der Waals surface area (Å²) in [4.78, 5) is 30.3. The van der Waals surface area contributed by atoms with E-state index < -0.39 is 5.91 Å². The molecule has 158 valence electrons. The van der Waals surface area contributed by atoms with Crippen molar-refractivity contribution in [3.63, 3.8) is 0 Å². The van der Waals surface area contributed by atoms with Gasteiger partial charge in [-0.3, -0.25) is 14.2 Å². The van der Waals surface area contributed by atoms with E-state index in [-0.39, 0.29) is 11.5 Å². The minimum Gasteiger partial charge on any atom is -0.378 e. The van der Waals surface area contributed by atoms with Crippen molar-refractivity contribution in [1.29, 1.82) is 0 Å². The third-order valence-corrected chi connectivity index (χ3v) is 4.90. The maximum absolute atomic E-state index is 12.6. The van der Waals surface area contributed by atoms with Gasteiger partial charge in [0.05, 0.1) is 11.0 Å². The molecule has 2 amide bonds. The molecule has 3 aromatic carbocycles. The van der Waals surface area contributed by atoms with E-state index in [1.807, 2.05) is 49.3 Å². The molecular weight excluding hydrogens is 402 g/mol. The van der Waals surface area contributed by atoms with Gasteiger partial charge in [-0.1, -0.05) is 12.1 Å². The smallest absolute Gasteiger partial charge is 0.255 e. The van der Waals surface area contributed by atoms with Gasteiger partial charge < -0.3 is 16.0 Å². The van der Waals surface area contributed by atoms with Crippen LogP contribution in [0.5, 0.6) is 0 Å². The molecule has 1 heterocycles. The standard InChI is InChI=1S/C25H21N5O2/c1-29(2)21-9-10-23-22(15-21)27-16-30(23)12-11-17-5-3-8-20(13-17)28-25(32)19-7-4-6-18(14-19)24(26)31/h3-10,13-16H,1-2H3,(H2,26,31)(H,28,32). The number of nitrogens with zero attached hydrogens (tertiary/aromatic N) is 3. The summed E-state index contributed by atoms with van der Waals surface area (Å²) in [5.74, 6) is 2.19. The highest BCUT2D eigenvalue weighted by atomic mass is 16.2. The molecule has 0 radical (unpaired) electrons. The molecule has 0 saturated carbocycles. The fraction of sp³-hybridized carbons (Fsp3) is 0.0800. The fourth-order valence-corrected chi connectivity index (χ4v) is 3.18. The van der Waals surface area contributed by atoms with Crippen molar-refractivity contribution in [3.05, 3.63) is 89.7 Å². The Balaban J connectivity index is 1.54. The second-order valence-electron chi connectivity index (χ2n) is 7.40. The zero-order valence-corrected chi connectivity index (χ0v) is 17.7. The average molecular weight is 423 g/mol. The summed E-state index contributed by atoms with van der Waals surface area (Å²) < 4.78 is 1.77. The number of fused-ring (bicyclic) bond motifs is 1. The third kappa shape index (κ3) is 4.45. The Morgan fingerprint density at radius 3 is 2.56 bits per heavy atom. The van der Waals surface area contributed by atoms with Crippen LogP contribution in [0.25, 0.3) is 11.0 Å². The monoisotopic (exact) mass is 423 g/mol. The van der Waals surface area contributed by atoms with Gasteiger partial charge in [0, 0.05) is 48.2 Å². The van der Waals surface area contributed by atoms with Gasteiger partial charge >= 0.3 is 0 Å². The number of hydrogen-bond donors (Lipinski definition) is 2. The second kappa shape index (κ2) is 8.66. The normalized spacial score (nSPS) is 10.3. The van der Waals surface area contributed by atoms with Crippen LogP contribution in [0.15, 0.2) is 73.1 Å². The van der Waals surface area contributed by atoms with Gasteiger partial charge in [-0.25, -0.2) is 4.98 Å². The molecule has 0 aliphatic rings. The molecule has 0 atom stereocenters. The van der Waals surface area contributed by atoms with Crippen LogP contribution in [0.2, 0.25) is 0 Å². The van der Waals surface area contributed by atoms with Crippen LogP contribution in [0.3, 0.4) is 0 Å². The van der Waals surface area contributed by atoms with Crippen molar-refractivity contribution in [2.24, 2.45) is 5.73 Å². The summed E-state index contributed by atoms with van der Waals surface area (Å²) in [6.45, 7) is 0. The Hall–Kier alpha value is -4.57. The molecule has 0 unspecified atom stereocenters. The first-order valence-corrected chi connectivity index (χ1v) is 9.88. The van der Waals surface area contributed by atoms with Gasteiger partial charge in [-0.05, 0) is 60.5 Å². The summed E-state index contributed by atoms with van der Waals surface area (Å²) in [6.07, 6.45) is 1.69. The molecule has 1 aromatic heterocycles. The van der Waals surface area contributed by atoms with E-state index in [2.05, 4.69) is 22.3 Å². The highest BCUT2D eigenvalue weighted by Gasteiger charge is 2.09. The first kappa shape index (κ1) is 20.7. The van der Waals surface area contributed by atoms with Crippen molar-refractivity contribution in [2.75, 3.05) is 24.3 Å². The summed E-state index contributed by atoms with van der Waals surface area (Å²) in [5.41, 5.74) is 10.1. The lowest BCUT2D eigenvalue weighted by atomic mass is 10.1. The molecular formula is C25H21N5O2. The maximum Gasteiger partial charge on any atom is 0.255 e. The molecule has 0 bridgehead atoms. The zero-order valence-electron chi connectivity index (χ0n) is 17.7. The number of amides is 2. The predicted octanol–water partition coefficient (Wildman–Crippen LogP) is 3.31. The quantitative estimate of drug-likeness (QED) is 0.493.